The SMILES string of the molecule is Cc1ncnc(C)c1CCl. The Bertz CT molecular complexity index is 215. The normalized spacial score (nSPS) is 9.90. The molecule has 1 aromatic heterocycles. The van der Waals surface area contributed by atoms with E-state index >= 15 is 0 Å². The first-order valence-electron chi connectivity index (χ1n) is 3.08. The summed E-state index contributed by atoms with van der Waals surface area (Å²) in [6.45, 7) is 3.87. The standard InChI is InChI=1S/C7H9ClN2/c1-5-7(3-8)6(2)10-4-9-5/h4H,3H2,1-2H3. The maximum atomic E-state index is 5.66. The molecule has 0 aliphatic rings. The molecule has 0 fully saturated rings. The van der Waals surface area contributed by atoms with Crippen molar-refractivity contribution in [3.05, 3.63) is 23.3 Å². The summed E-state index contributed by atoms with van der Waals surface area (Å²) >= 11 is 5.66. The summed E-state index contributed by atoms with van der Waals surface area (Å²) in [6.07, 6.45) is 1.56. The molecule has 0 aromatic carbocycles. The Balaban J connectivity index is 3.17. The fourth-order valence-electron chi connectivity index (χ4n) is 0.813. The van der Waals surface area contributed by atoms with E-state index in [2.05, 4.69) is 9.97 Å². The van der Waals surface area contributed by atoms with Gasteiger partial charge in [-0.2, -0.15) is 0 Å². The molecule has 0 N–H and O–H groups in total. The van der Waals surface area contributed by atoms with Crippen LogP contribution in [0, 0.1) is 13.8 Å². The van der Waals surface area contributed by atoms with E-state index in [0.717, 1.165) is 17.0 Å². The minimum Gasteiger partial charge on any atom is -0.241 e. The second kappa shape index (κ2) is 2.97. The molecule has 10 heavy (non-hydrogen) atoms. The van der Waals surface area contributed by atoms with Crippen molar-refractivity contribution in [3.8, 4) is 0 Å². The lowest BCUT2D eigenvalue weighted by atomic mass is 10.2. The van der Waals surface area contributed by atoms with Crippen LogP contribution in [0.5, 0.6) is 0 Å². The van der Waals surface area contributed by atoms with Crippen LogP contribution in [0.3, 0.4) is 0 Å². The van der Waals surface area contributed by atoms with E-state index in [1.54, 1.807) is 6.33 Å². The molecule has 3 heteroatoms. The van der Waals surface area contributed by atoms with Gasteiger partial charge in [0.2, 0.25) is 0 Å². The van der Waals surface area contributed by atoms with Gasteiger partial charge in [0.1, 0.15) is 6.33 Å². The third-order valence-corrected chi connectivity index (χ3v) is 1.78. The highest BCUT2D eigenvalue weighted by atomic mass is 35.5. The molecule has 0 radical (unpaired) electrons. The van der Waals surface area contributed by atoms with Crippen molar-refractivity contribution in [2.75, 3.05) is 0 Å². The zero-order chi connectivity index (χ0) is 7.56. The fraction of sp³-hybridized carbons (Fsp3) is 0.429. The predicted octanol–water partition coefficient (Wildman–Crippen LogP) is 1.83. The first-order valence-corrected chi connectivity index (χ1v) is 3.62. The van der Waals surface area contributed by atoms with Gasteiger partial charge in [0, 0.05) is 17.0 Å². The zero-order valence-electron chi connectivity index (χ0n) is 6.06. The van der Waals surface area contributed by atoms with Crippen LogP contribution in [-0.2, 0) is 5.88 Å². The Morgan fingerprint density at radius 1 is 1.30 bits per heavy atom. The average molecular weight is 157 g/mol. The van der Waals surface area contributed by atoms with Crippen molar-refractivity contribution in [1.82, 2.24) is 9.97 Å². The molecule has 0 atom stereocenters. The van der Waals surface area contributed by atoms with E-state index in [1.807, 2.05) is 13.8 Å². The van der Waals surface area contributed by atoms with Crippen LogP contribution < -0.4 is 0 Å². The van der Waals surface area contributed by atoms with Gasteiger partial charge < -0.3 is 0 Å². The van der Waals surface area contributed by atoms with E-state index in [1.165, 1.54) is 0 Å². The highest BCUT2D eigenvalue weighted by Gasteiger charge is 2.00. The van der Waals surface area contributed by atoms with Gasteiger partial charge in [-0.3, -0.25) is 0 Å². The van der Waals surface area contributed by atoms with Gasteiger partial charge in [0.05, 0.1) is 5.88 Å². The summed E-state index contributed by atoms with van der Waals surface area (Å²) in [5.41, 5.74) is 2.99. The molecule has 2 nitrogen and oxygen atoms in total. The summed E-state index contributed by atoms with van der Waals surface area (Å²) in [6, 6.07) is 0. The smallest absolute Gasteiger partial charge is 0.115 e. The number of hydrogen-bond acceptors (Lipinski definition) is 2. The molecule has 0 saturated heterocycles. The molecular weight excluding hydrogens is 148 g/mol. The highest BCUT2D eigenvalue weighted by molar-refractivity contribution is 6.17. The van der Waals surface area contributed by atoms with Gasteiger partial charge in [0.15, 0.2) is 0 Å². The summed E-state index contributed by atoms with van der Waals surface area (Å²) < 4.78 is 0. The Labute approximate surface area is 65.3 Å². The lowest BCUT2D eigenvalue weighted by Crippen LogP contribution is -1.95. The van der Waals surface area contributed by atoms with Gasteiger partial charge in [-0.05, 0) is 13.8 Å². The van der Waals surface area contributed by atoms with Crippen LogP contribution in [0.2, 0.25) is 0 Å². The van der Waals surface area contributed by atoms with Crippen LogP contribution in [0.1, 0.15) is 17.0 Å². The van der Waals surface area contributed by atoms with Crippen molar-refractivity contribution in [3.63, 3.8) is 0 Å². The predicted molar refractivity (Wildman–Crippen MR) is 41.1 cm³/mol. The van der Waals surface area contributed by atoms with Crippen molar-refractivity contribution in [2.24, 2.45) is 0 Å². The number of aromatic nitrogens is 2. The Morgan fingerprint density at radius 2 is 1.80 bits per heavy atom. The number of hydrogen-bond donors (Lipinski definition) is 0. The zero-order valence-corrected chi connectivity index (χ0v) is 6.81. The van der Waals surface area contributed by atoms with Crippen LogP contribution in [0.15, 0.2) is 6.33 Å². The lowest BCUT2D eigenvalue weighted by Gasteiger charge is -2.01. The minimum atomic E-state index is 0.499. The molecule has 54 valence electrons. The first-order chi connectivity index (χ1) is 4.75. The maximum Gasteiger partial charge on any atom is 0.115 e. The van der Waals surface area contributed by atoms with Crippen LogP contribution in [0.4, 0.5) is 0 Å². The molecule has 1 heterocycles. The van der Waals surface area contributed by atoms with Gasteiger partial charge in [-0.25, -0.2) is 9.97 Å². The molecule has 0 unspecified atom stereocenters. The van der Waals surface area contributed by atoms with Crippen molar-refractivity contribution >= 4 is 11.6 Å². The number of rotatable bonds is 1. The van der Waals surface area contributed by atoms with E-state index in [0.29, 0.717) is 5.88 Å². The Hall–Kier alpha value is -0.630. The van der Waals surface area contributed by atoms with E-state index < -0.39 is 0 Å². The van der Waals surface area contributed by atoms with Crippen molar-refractivity contribution < 1.29 is 0 Å². The van der Waals surface area contributed by atoms with Crippen molar-refractivity contribution in [2.45, 2.75) is 19.7 Å². The Kier molecular flexibility index (Phi) is 2.22. The first kappa shape index (κ1) is 7.48. The van der Waals surface area contributed by atoms with Crippen LogP contribution in [-0.4, -0.2) is 9.97 Å². The second-order valence-electron chi connectivity index (χ2n) is 2.16. The summed E-state index contributed by atoms with van der Waals surface area (Å²) in [4.78, 5) is 8.03. The third-order valence-electron chi connectivity index (χ3n) is 1.51. The van der Waals surface area contributed by atoms with Gasteiger partial charge >= 0.3 is 0 Å². The minimum absolute atomic E-state index is 0.499. The maximum absolute atomic E-state index is 5.66. The lowest BCUT2D eigenvalue weighted by molar-refractivity contribution is 1.00. The van der Waals surface area contributed by atoms with Gasteiger partial charge in [-0.15, -0.1) is 11.6 Å². The molecular formula is C7H9ClN2. The number of alkyl halides is 1. The van der Waals surface area contributed by atoms with Gasteiger partial charge in [0.25, 0.3) is 0 Å². The second-order valence-corrected chi connectivity index (χ2v) is 2.42. The molecule has 0 saturated carbocycles. The third kappa shape index (κ3) is 1.27. The molecule has 0 spiro atoms. The number of halogens is 1. The molecule has 0 bridgehead atoms. The van der Waals surface area contributed by atoms with E-state index in [-0.39, 0.29) is 0 Å². The molecule has 0 aliphatic carbocycles. The molecule has 1 aromatic rings. The van der Waals surface area contributed by atoms with Crippen LogP contribution >= 0.6 is 11.6 Å². The Morgan fingerprint density at radius 3 is 2.10 bits per heavy atom. The number of nitrogens with zero attached hydrogens (tertiary/aromatic N) is 2. The summed E-state index contributed by atoms with van der Waals surface area (Å²) in [7, 11) is 0. The van der Waals surface area contributed by atoms with E-state index in [4.69, 9.17) is 11.6 Å². The quantitative estimate of drug-likeness (QED) is 0.580. The van der Waals surface area contributed by atoms with Crippen LogP contribution in [0.25, 0.3) is 0 Å². The fourth-order valence-corrected chi connectivity index (χ4v) is 1.20. The monoisotopic (exact) mass is 156 g/mol. The van der Waals surface area contributed by atoms with Crippen molar-refractivity contribution in [1.29, 1.82) is 0 Å². The average Bonchev–Trinajstić information content (AvgIpc) is 1.88. The highest BCUT2D eigenvalue weighted by Crippen LogP contribution is 2.09. The number of aryl methyl sites for hydroxylation is 2. The summed E-state index contributed by atoms with van der Waals surface area (Å²) in [5.74, 6) is 0.499. The molecule has 1 rings (SSSR count). The topological polar surface area (TPSA) is 25.8 Å². The molecule has 0 aliphatic heterocycles. The van der Waals surface area contributed by atoms with Gasteiger partial charge in [-0.1, -0.05) is 0 Å². The van der Waals surface area contributed by atoms with E-state index in [9.17, 15) is 0 Å². The molecule has 0 amide bonds. The summed E-state index contributed by atoms with van der Waals surface area (Å²) in [5, 5.41) is 0. The largest absolute Gasteiger partial charge is 0.241 e.